The zero-order valence-corrected chi connectivity index (χ0v) is 11.9. The Hall–Kier alpha value is -1.35. The van der Waals surface area contributed by atoms with Crippen LogP contribution in [0.25, 0.3) is 0 Å². The van der Waals surface area contributed by atoms with Gasteiger partial charge in [0.25, 0.3) is 0 Å². The second-order valence-electron chi connectivity index (χ2n) is 5.28. The predicted octanol–water partition coefficient (Wildman–Crippen LogP) is 2.26. The zero-order chi connectivity index (χ0) is 13.7. The minimum atomic E-state index is -0.155. The van der Waals surface area contributed by atoms with E-state index in [1.165, 1.54) is 49.5 Å². The fraction of sp³-hybridized carbons (Fsp3) is 0.562. The number of hydrogen-bond acceptors (Lipinski definition) is 3. The topological polar surface area (TPSA) is 38.3 Å². The number of ether oxygens (including phenoxy) is 1. The molecule has 3 nitrogen and oxygen atoms in total. The van der Waals surface area contributed by atoms with E-state index >= 15 is 0 Å². The van der Waals surface area contributed by atoms with Gasteiger partial charge in [0.05, 0.1) is 13.5 Å². The molecule has 0 radical (unpaired) electrons. The molecule has 1 unspecified atom stereocenters. The third-order valence-corrected chi connectivity index (χ3v) is 3.94. The van der Waals surface area contributed by atoms with Crippen molar-refractivity contribution in [3.63, 3.8) is 0 Å². The van der Waals surface area contributed by atoms with Crippen molar-refractivity contribution in [2.75, 3.05) is 14.2 Å². The predicted molar refractivity (Wildman–Crippen MR) is 76.3 cm³/mol. The number of nitrogens with one attached hydrogen (secondary N) is 1. The molecule has 1 aliphatic carbocycles. The lowest BCUT2D eigenvalue weighted by atomic mass is 9.89. The Morgan fingerprint density at radius 1 is 1.32 bits per heavy atom. The van der Waals surface area contributed by atoms with Gasteiger partial charge in [0.2, 0.25) is 0 Å². The van der Waals surface area contributed by atoms with Crippen LogP contribution in [0.15, 0.2) is 18.2 Å². The highest BCUT2D eigenvalue weighted by Crippen LogP contribution is 2.23. The molecule has 0 spiro atoms. The number of methoxy groups -OCH3 is 1. The third-order valence-electron chi connectivity index (χ3n) is 3.94. The fourth-order valence-electron chi connectivity index (χ4n) is 2.76. The normalized spacial score (nSPS) is 15.7. The number of aryl methyl sites for hydroxylation is 2. The SMILES string of the molecule is CNC(CC(=O)OC)Cc1ccc2c(c1)CCCC2. The molecule has 1 aromatic rings. The smallest absolute Gasteiger partial charge is 0.307 e. The van der Waals surface area contributed by atoms with Gasteiger partial charge in [-0.25, -0.2) is 0 Å². The number of esters is 1. The van der Waals surface area contributed by atoms with Gasteiger partial charge in [-0.1, -0.05) is 18.2 Å². The van der Waals surface area contributed by atoms with E-state index in [1.807, 2.05) is 7.05 Å². The van der Waals surface area contributed by atoms with Gasteiger partial charge < -0.3 is 10.1 Å². The third kappa shape index (κ3) is 3.80. The van der Waals surface area contributed by atoms with Crippen molar-refractivity contribution >= 4 is 5.97 Å². The molecule has 0 aromatic heterocycles. The summed E-state index contributed by atoms with van der Waals surface area (Å²) in [7, 11) is 3.33. The van der Waals surface area contributed by atoms with E-state index in [0.717, 1.165) is 6.42 Å². The first kappa shape index (κ1) is 14.1. The summed E-state index contributed by atoms with van der Waals surface area (Å²) in [6.07, 6.45) is 6.32. The largest absolute Gasteiger partial charge is 0.469 e. The number of likely N-dealkylation sites (N-methyl/N-ethyl adjacent to an activating group) is 1. The van der Waals surface area contributed by atoms with E-state index in [0.29, 0.717) is 6.42 Å². The molecule has 0 heterocycles. The molecule has 0 saturated carbocycles. The highest BCUT2D eigenvalue weighted by molar-refractivity contribution is 5.70. The lowest BCUT2D eigenvalue weighted by Crippen LogP contribution is -2.30. The molecule has 3 heteroatoms. The summed E-state index contributed by atoms with van der Waals surface area (Å²) in [4.78, 5) is 11.3. The first-order valence-corrected chi connectivity index (χ1v) is 7.07. The Balaban J connectivity index is 2.03. The minimum absolute atomic E-state index is 0.147. The van der Waals surface area contributed by atoms with Crippen LogP contribution in [0.4, 0.5) is 0 Å². The Morgan fingerprint density at radius 2 is 2.05 bits per heavy atom. The molecule has 2 rings (SSSR count). The van der Waals surface area contributed by atoms with Crippen LogP contribution in [-0.2, 0) is 28.8 Å². The molecule has 0 aliphatic heterocycles. The quantitative estimate of drug-likeness (QED) is 0.826. The van der Waals surface area contributed by atoms with Gasteiger partial charge >= 0.3 is 5.97 Å². The number of hydrogen-bond donors (Lipinski definition) is 1. The van der Waals surface area contributed by atoms with E-state index in [9.17, 15) is 4.79 Å². The van der Waals surface area contributed by atoms with Crippen LogP contribution in [0, 0.1) is 0 Å². The lowest BCUT2D eigenvalue weighted by Gasteiger charge is -2.19. The van der Waals surface area contributed by atoms with Crippen molar-refractivity contribution in [1.29, 1.82) is 0 Å². The lowest BCUT2D eigenvalue weighted by molar-refractivity contribution is -0.141. The Bertz CT molecular complexity index is 442. The van der Waals surface area contributed by atoms with E-state index in [4.69, 9.17) is 4.74 Å². The van der Waals surface area contributed by atoms with Crippen LogP contribution in [0.2, 0.25) is 0 Å². The average molecular weight is 261 g/mol. The Kier molecular flexibility index (Phi) is 4.97. The second-order valence-corrected chi connectivity index (χ2v) is 5.28. The Morgan fingerprint density at radius 3 is 2.74 bits per heavy atom. The summed E-state index contributed by atoms with van der Waals surface area (Å²) in [6.45, 7) is 0. The molecule has 0 bridgehead atoms. The van der Waals surface area contributed by atoms with Gasteiger partial charge in [0, 0.05) is 6.04 Å². The number of rotatable bonds is 5. The summed E-state index contributed by atoms with van der Waals surface area (Å²) in [6, 6.07) is 6.92. The summed E-state index contributed by atoms with van der Waals surface area (Å²) in [5, 5.41) is 3.19. The summed E-state index contributed by atoms with van der Waals surface area (Å²) >= 11 is 0. The van der Waals surface area contributed by atoms with Gasteiger partial charge in [-0.05, 0) is 55.8 Å². The van der Waals surface area contributed by atoms with E-state index in [-0.39, 0.29) is 12.0 Å². The van der Waals surface area contributed by atoms with Crippen LogP contribution in [0.5, 0.6) is 0 Å². The van der Waals surface area contributed by atoms with Gasteiger partial charge in [0.15, 0.2) is 0 Å². The van der Waals surface area contributed by atoms with Crippen molar-refractivity contribution in [2.45, 2.75) is 44.6 Å². The van der Waals surface area contributed by atoms with E-state index < -0.39 is 0 Å². The molecule has 1 aromatic carbocycles. The number of carbonyl (C=O) groups excluding carboxylic acids is 1. The van der Waals surface area contributed by atoms with Crippen LogP contribution in [-0.4, -0.2) is 26.2 Å². The summed E-state index contributed by atoms with van der Waals surface area (Å²) in [5.74, 6) is -0.155. The molecule has 1 aliphatic rings. The van der Waals surface area contributed by atoms with E-state index in [2.05, 4.69) is 23.5 Å². The molecule has 1 atom stereocenters. The number of carbonyl (C=O) groups is 1. The van der Waals surface area contributed by atoms with E-state index in [1.54, 1.807) is 0 Å². The maximum atomic E-state index is 11.3. The maximum absolute atomic E-state index is 11.3. The second kappa shape index (κ2) is 6.71. The molecule has 1 N–H and O–H groups in total. The first-order chi connectivity index (χ1) is 9.22. The zero-order valence-electron chi connectivity index (χ0n) is 11.9. The Labute approximate surface area is 115 Å². The molecule has 0 saturated heterocycles. The van der Waals surface area contributed by atoms with Crippen molar-refractivity contribution < 1.29 is 9.53 Å². The molecular weight excluding hydrogens is 238 g/mol. The average Bonchev–Trinajstić information content (AvgIpc) is 2.46. The first-order valence-electron chi connectivity index (χ1n) is 7.07. The van der Waals surface area contributed by atoms with Crippen molar-refractivity contribution in [3.05, 3.63) is 34.9 Å². The maximum Gasteiger partial charge on any atom is 0.307 e. The summed E-state index contributed by atoms with van der Waals surface area (Å²) in [5.41, 5.74) is 4.31. The summed E-state index contributed by atoms with van der Waals surface area (Å²) < 4.78 is 4.73. The van der Waals surface area contributed by atoms with Gasteiger partial charge in [-0.15, -0.1) is 0 Å². The highest BCUT2D eigenvalue weighted by atomic mass is 16.5. The molecular formula is C16H23NO2. The minimum Gasteiger partial charge on any atom is -0.469 e. The van der Waals surface area contributed by atoms with Crippen LogP contribution in [0.3, 0.4) is 0 Å². The van der Waals surface area contributed by atoms with Gasteiger partial charge in [-0.2, -0.15) is 0 Å². The fourth-order valence-corrected chi connectivity index (χ4v) is 2.76. The van der Waals surface area contributed by atoms with Gasteiger partial charge in [0.1, 0.15) is 0 Å². The van der Waals surface area contributed by atoms with Crippen molar-refractivity contribution in [2.24, 2.45) is 0 Å². The molecule has 0 fully saturated rings. The molecule has 19 heavy (non-hydrogen) atoms. The number of fused-ring (bicyclic) bond motifs is 1. The van der Waals surface area contributed by atoms with Crippen LogP contribution in [0.1, 0.15) is 36.0 Å². The standard InChI is InChI=1S/C16H23NO2/c1-17-15(11-16(18)19-2)10-12-7-8-13-5-3-4-6-14(13)9-12/h7-9,15,17H,3-6,10-11H2,1-2H3. The molecule has 104 valence electrons. The van der Waals surface area contributed by atoms with Crippen molar-refractivity contribution in [1.82, 2.24) is 5.32 Å². The van der Waals surface area contributed by atoms with Gasteiger partial charge in [-0.3, -0.25) is 4.79 Å². The van der Waals surface area contributed by atoms with Crippen LogP contribution < -0.4 is 5.32 Å². The highest BCUT2D eigenvalue weighted by Gasteiger charge is 2.15. The van der Waals surface area contributed by atoms with Crippen LogP contribution >= 0.6 is 0 Å². The monoisotopic (exact) mass is 261 g/mol. The van der Waals surface area contributed by atoms with Crippen molar-refractivity contribution in [3.8, 4) is 0 Å². The molecule has 0 amide bonds. The number of benzene rings is 1.